The van der Waals surface area contributed by atoms with Gasteiger partial charge in [-0.2, -0.15) is 0 Å². The van der Waals surface area contributed by atoms with E-state index >= 15 is 0 Å². The molecule has 0 bridgehead atoms. The van der Waals surface area contributed by atoms with Crippen molar-refractivity contribution in [1.82, 2.24) is 0 Å². The third kappa shape index (κ3) is 3.42. The van der Waals surface area contributed by atoms with Crippen molar-refractivity contribution < 1.29 is 14.6 Å². The molecule has 0 saturated carbocycles. The minimum Gasteiger partial charge on any atom is -0.493 e. The molecule has 0 fully saturated rings. The van der Waals surface area contributed by atoms with Gasteiger partial charge in [-0.1, -0.05) is 12.1 Å². The summed E-state index contributed by atoms with van der Waals surface area (Å²) in [6.45, 7) is 1.93. The van der Waals surface area contributed by atoms with Crippen LogP contribution in [0.25, 0.3) is 0 Å². The first kappa shape index (κ1) is 11.8. The van der Waals surface area contributed by atoms with Crippen molar-refractivity contribution >= 4 is 0 Å². The number of hydrogen-bond acceptors (Lipinski definition) is 4. The second kappa shape index (κ2) is 5.00. The molecule has 0 saturated heterocycles. The molecule has 1 aromatic carbocycles. The molecule has 0 aliphatic rings. The van der Waals surface area contributed by atoms with Crippen LogP contribution in [0, 0.1) is 0 Å². The zero-order valence-electron chi connectivity index (χ0n) is 9.06. The molecule has 3 N–H and O–H groups in total. The van der Waals surface area contributed by atoms with Crippen molar-refractivity contribution in [1.29, 1.82) is 0 Å². The molecule has 0 heterocycles. The molecular weight excluding hydrogens is 194 g/mol. The van der Waals surface area contributed by atoms with Gasteiger partial charge in [0.1, 0.15) is 12.2 Å². The number of benzene rings is 1. The van der Waals surface area contributed by atoms with Gasteiger partial charge in [-0.15, -0.1) is 0 Å². The van der Waals surface area contributed by atoms with Crippen LogP contribution in [0.1, 0.15) is 6.92 Å². The maximum atomic E-state index is 9.66. The predicted octanol–water partition coefficient (Wildman–Crippen LogP) is 0.784. The van der Waals surface area contributed by atoms with Gasteiger partial charge in [-0.25, -0.2) is 0 Å². The van der Waals surface area contributed by atoms with Crippen LogP contribution in [0.3, 0.4) is 0 Å². The Morgan fingerprint density at radius 2 is 1.93 bits per heavy atom. The van der Waals surface area contributed by atoms with Gasteiger partial charge in [0.2, 0.25) is 0 Å². The largest absolute Gasteiger partial charge is 0.493 e. The van der Waals surface area contributed by atoms with Crippen molar-refractivity contribution in [2.45, 2.75) is 12.5 Å². The smallest absolute Gasteiger partial charge is 0.161 e. The highest BCUT2D eigenvalue weighted by molar-refractivity contribution is 5.39. The van der Waals surface area contributed by atoms with Crippen LogP contribution in [-0.4, -0.2) is 31.0 Å². The fourth-order valence-electron chi connectivity index (χ4n) is 1.03. The third-order valence-corrected chi connectivity index (χ3v) is 2.05. The molecule has 0 aliphatic heterocycles. The van der Waals surface area contributed by atoms with Crippen LogP contribution >= 0.6 is 0 Å². The fourth-order valence-corrected chi connectivity index (χ4v) is 1.03. The molecule has 0 amide bonds. The molecule has 84 valence electrons. The van der Waals surface area contributed by atoms with Crippen molar-refractivity contribution in [3.8, 4) is 11.5 Å². The SMILES string of the molecule is COc1ccccc1OCC(C)(O)CN. The Morgan fingerprint density at radius 3 is 2.47 bits per heavy atom. The average molecular weight is 211 g/mol. The monoisotopic (exact) mass is 211 g/mol. The van der Waals surface area contributed by atoms with Gasteiger partial charge in [0.15, 0.2) is 11.5 Å². The summed E-state index contributed by atoms with van der Waals surface area (Å²) >= 11 is 0. The molecule has 0 spiro atoms. The lowest BCUT2D eigenvalue weighted by Crippen LogP contribution is -2.40. The number of methoxy groups -OCH3 is 1. The van der Waals surface area contributed by atoms with Crippen LogP contribution in [0.2, 0.25) is 0 Å². The van der Waals surface area contributed by atoms with Gasteiger partial charge in [-0.05, 0) is 19.1 Å². The van der Waals surface area contributed by atoms with Gasteiger partial charge >= 0.3 is 0 Å². The molecule has 1 atom stereocenters. The van der Waals surface area contributed by atoms with Crippen LogP contribution < -0.4 is 15.2 Å². The second-order valence-electron chi connectivity index (χ2n) is 3.64. The summed E-state index contributed by atoms with van der Waals surface area (Å²) in [6.07, 6.45) is 0. The van der Waals surface area contributed by atoms with Gasteiger partial charge < -0.3 is 20.3 Å². The first-order valence-electron chi connectivity index (χ1n) is 4.77. The highest BCUT2D eigenvalue weighted by Crippen LogP contribution is 2.26. The summed E-state index contributed by atoms with van der Waals surface area (Å²) in [6, 6.07) is 7.28. The predicted molar refractivity (Wildman–Crippen MR) is 58.2 cm³/mol. The lowest BCUT2D eigenvalue weighted by atomic mass is 10.1. The number of para-hydroxylation sites is 2. The minimum atomic E-state index is -1.01. The quantitative estimate of drug-likeness (QED) is 0.755. The Kier molecular flexibility index (Phi) is 3.94. The van der Waals surface area contributed by atoms with E-state index < -0.39 is 5.60 Å². The van der Waals surface area contributed by atoms with Gasteiger partial charge in [-0.3, -0.25) is 0 Å². The van der Waals surface area contributed by atoms with Gasteiger partial charge in [0.05, 0.1) is 7.11 Å². The lowest BCUT2D eigenvalue weighted by molar-refractivity contribution is 0.0188. The van der Waals surface area contributed by atoms with Crippen LogP contribution in [0.5, 0.6) is 11.5 Å². The van der Waals surface area contributed by atoms with Gasteiger partial charge in [0, 0.05) is 6.54 Å². The summed E-state index contributed by atoms with van der Waals surface area (Å²) in [5, 5.41) is 9.66. The van der Waals surface area contributed by atoms with E-state index in [2.05, 4.69) is 0 Å². The van der Waals surface area contributed by atoms with Crippen molar-refractivity contribution in [2.75, 3.05) is 20.3 Å². The second-order valence-corrected chi connectivity index (χ2v) is 3.64. The topological polar surface area (TPSA) is 64.7 Å². The first-order chi connectivity index (χ1) is 7.09. The van der Waals surface area contributed by atoms with Gasteiger partial charge in [0.25, 0.3) is 0 Å². The molecule has 4 heteroatoms. The van der Waals surface area contributed by atoms with Crippen molar-refractivity contribution in [3.05, 3.63) is 24.3 Å². The zero-order valence-corrected chi connectivity index (χ0v) is 9.06. The molecule has 1 aromatic rings. The molecular formula is C11H17NO3. The summed E-state index contributed by atoms with van der Waals surface area (Å²) in [5.74, 6) is 1.25. The maximum absolute atomic E-state index is 9.66. The zero-order chi connectivity index (χ0) is 11.3. The molecule has 0 aromatic heterocycles. The van der Waals surface area contributed by atoms with E-state index in [0.717, 1.165) is 0 Å². The number of hydrogen-bond donors (Lipinski definition) is 2. The van der Waals surface area contributed by atoms with Crippen LogP contribution in [0.15, 0.2) is 24.3 Å². The molecule has 4 nitrogen and oxygen atoms in total. The van der Waals surface area contributed by atoms with Crippen molar-refractivity contribution in [2.24, 2.45) is 5.73 Å². The maximum Gasteiger partial charge on any atom is 0.161 e. The van der Waals surface area contributed by atoms with E-state index in [0.29, 0.717) is 11.5 Å². The Morgan fingerprint density at radius 1 is 1.33 bits per heavy atom. The van der Waals surface area contributed by atoms with E-state index in [9.17, 15) is 5.11 Å². The highest BCUT2D eigenvalue weighted by Gasteiger charge is 2.19. The number of rotatable bonds is 5. The number of ether oxygens (including phenoxy) is 2. The van der Waals surface area contributed by atoms with E-state index in [-0.39, 0.29) is 13.2 Å². The number of aliphatic hydroxyl groups is 1. The Bertz CT molecular complexity index is 312. The first-order valence-corrected chi connectivity index (χ1v) is 4.77. The summed E-state index contributed by atoms with van der Waals surface area (Å²) in [4.78, 5) is 0. The standard InChI is InChI=1S/C11H17NO3/c1-11(13,7-12)8-15-10-6-4-3-5-9(10)14-2/h3-6,13H,7-8,12H2,1-2H3. The van der Waals surface area contributed by atoms with E-state index in [4.69, 9.17) is 15.2 Å². The van der Waals surface area contributed by atoms with E-state index in [1.807, 2.05) is 12.1 Å². The molecule has 1 unspecified atom stereocenters. The third-order valence-electron chi connectivity index (χ3n) is 2.05. The van der Waals surface area contributed by atoms with Crippen LogP contribution in [-0.2, 0) is 0 Å². The average Bonchev–Trinajstić information content (AvgIpc) is 2.27. The summed E-state index contributed by atoms with van der Waals surface area (Å²) in [7, 11) is 1.57. The summed E-state index contributed by atoms with van der Waals surface area (Å²) in [5.41, 5.74) is 4.37. The Balaban J connectivity index is 2.65. The molecule has 0 aliphatic carbocycles. The van der Waals surface area contributed by atoms with Crippen molar-refractivity contribution in [3.63, 3.8) is 0 Å². The van der Waals surface area contributed by atoms with Crippen LogP contribution in [0.4, 0.5) is 0 Å². The molecule has 1 rings (SSSR count). The highest BCUT2D eigenvalue weighted by atomic mass is 16.5. The minimum absolute atomic E-state index is 0.143. The molecule has 0 radical (unpaired) electrons. The van der Waals surface area contributed by atoms with E-state index in [1.165, 1.54) is 0 Å². The fraction of sp³-hybridized carbons (Fsp3) is 0.455. The number of nitrogens with two attached hydrogens (primary N) is 1. The summed E-state index contributed by atoms with van der Waals surface area (Å²) < 4.78 is 10.5. The lowest BCUT2D eigenvalue weighted by Gasteiger charge is -2.21. The Labute approximate surface area is 89.6 Å². The van der Waals surface area contributed by atoms with E-state index in [1.54, 1.807) is 26.2 Å². The Hall–Kier alpha value is -1.26. The normalized spacial score (nSPS) is 14.4. The molecule has 15 heavy (non-hydrogen) atoms.